The lowest BCUT2D eigenvalue weighted by Gasteiger charge is -2.35. The lowest BCUT2D eigenvalue weighted by molar-refractivity contribution is 0.0132. The maximum atomic E-state index is 5.53. The molecule has 1 aromatic heterocycles. The molecule has 29 heavy (non-hydrogen) atoms. The van der Waals surface area contributed by atoms with Gasteiger partial charge in [-0.15, -0.1) is 34.2 Å². The third kappa shape index (κ3) is 9.17. The van der Waals surface area contributed by atoms with E-state index in [2.05, 4.69) is 46.5 Å². The highest BCUT2D eigenvalue weighted by molar-refractivity contribution is 14.0. The fraction of sp³-hybridized carbons (Fsp3) is 0.850. The summed E-state index contributed by atoms with van der Waals surface area (Å²) in [6.45, 7) is 14.7. The zero-order valence-corrected chi connectivity index (χ0v) is 21.1. The first-order valence-electron chi connectivity index (χ1n) is 10.7. The Morgan fingerprint density at radius 3 is 2.52 bits per heavy atom. The van der Waals surface area contributed by atoms with Crippen molar-refractivity contribution in [2.75, 3.05) is 39.4 Å². The molecule has 1 aliphatic heterocycles. The Balaban J connectivity index is 0.00000420. The highest BCUT2D eigenvalue weighted by atomic mass is 127. The third-order valence-corrected chi connectivity index (χ3v) is 5.19. The SMILES string of the molecule is CCCCNC(=NCc1nnc(C)n1C)NCC(CC(C)C)N1CCOCC1.I. The first-order chi connectivity index (χ1) is 13.5. The van der Waals surface area contributed by atoms with Crippen molar-refractivity contribution in [2.24, 2.45) is 18.0 Å². The van der Waals surface area contributed by atoms with Gasteiger partial charge in [0.2, 0.25) is 0 Å². The number of rotatable bonds is 10. The molecule has 1 fully saturated rings. The number of nitrogens with one attached hydrogen (secondary N) is 2. The average Bonchev–Trinajstić information content (AvgIpc) is 3.01. The van der Waals surface area contributed by atoms with Crippen LogP contribution in [-0.2, 0) is 18.3 Å². The maximum Gasteiger partial charge on any atom is 0.191 e. The number of ether oxygens (including phenoxy) is 1. The third-order valence-electron chi connectivity index (χ3n) is 5.19. The van der Waals surface area contributed by atoms with Gasteiger partial charge in [0.1, 0.15) is 12.4 Å². The van der Waals surface area contributed by atoms with E-state index in [1.807, 2.05) is 18.5 Å². The number of guanidine groups is 1. The first-order valence-corrected chi connectivity index (χ1v) is 10.7. The average molecular weight is 521 g/mol. The van der Waals surface area contributed by atoms with Crippen molar-refractivity contribution < 1.29 is 4.74 Å². The van der Waals surface area contributed by atoms with Gasteiger partial charge in [-0.3, -0.25) is 4.90 Å². The number of aryl methyl sites for hydroxylation is 1. The number of hydrogen-bond donors (Lipinski definition) is 2. The minimum absolute atomic E-state index is 0. The molecular formula is C20H40IN7O. The molecule has 0 aliphatic carbocycles. The quantitative estimate of drug-likeness (QED) is 0.213. The van der Waals surface area contributed by atoms with Gasteiger partial charge in [-0.2, -0.15) is 0 Å². The van der Waals surface area contributed by atoms with Crippen LogP contribution < -0.4 is 10.6 Å². The van der Waals surface area contributed by atoms with Gasteiger partial charge in [0.15, 0.2) is 11.8 Å². The molecule has 0 aromatic carbocycles. The Morgan fingerprint density at radius 1 is 1.21 bits per heavy atom. The number of halogens is 1. The number of aromatic nitrogens is 3. The zero-order chi connectivity index (χ0) is 20.4. The monoisotopic (exact) mass is 521 g/mol. The Kier molecular flexibility index (Phi) is 12.7. The Morgan fingerprint density at radius 2 is 1.93 bits per heavy atom. The van der Waals surface area contributed by atoms with Crippen molar-refractivity contribution in [3.63, 3.8) is 0 Å². The zero-order valence-electron chi connectivity index (χ0n) is 18.8. The molecule has 0 bridgehead atoms. The van der Waals surface area contributed by atoms with Crippen LogP contribution in [0.2, 0.25) is 0 Å². The normalized spacial score (nSPS) is 16.6. The topological polar surface area (TPSA) is 79.6 Å². The smallest absolute Gasteiger partial charge is 0.191 e. The predicted octanol–water partition coefficient (Wildman–Crippen LogP) is 2.32. The van der Waals surface area contributed by atoms with Gasteiger partial charge in [0.25, 0.3) is 0 Å². The summed E-state index contributed by atoms with van der Waals surface area (Å²) in [5.74, 6) is 3.30. The van der Waals surface area contributed by atoms with Crippen LogP contribution in [0.4, 0.5) is 0 Å². The van der Waals surface area contributed by atoms with Gasteiger partial charge in [0.05, 0.1) is 13.2 Å². The summed E-state index contributed by atoms with van der Waals surface area (Å²) in [6.07, 6.45) is 3.45. The van der Waals surface area contributed by atoms with E-state index >= 15 is 0 Å². The summed E-state index contributed by atoms with van der Waals surface area (Å²) in [6, 6.07) is 0.485. The lowest BCUT2D eigenvalue weighted by Crippen LogP contribution is -2.51. The van der Waals surface area contributed by atoms with Gasteiger partial charge in [0, 0.05) is 39.3 Å². The molecule has 2 heterocycles. The second-order valence-electron chi connectivity index (χ2n) is 7.98. The Bertz CT molecular complexity index is 600. The minimum atomic E-state index is 0. The van der Waals surface area contributed by atoms with Crippen molar-refractivity contribution in [3.05, 3.63) is 11.6 Å². The lowest BCUT2D eigenvalue weighted by atomic mass is 10.0. The fourth-order valence-corrected chi connectivity index (χ4v) is 3.36. The summed E-state index contributed by atoms with van der Waals surface area (Å²) >= 11 is 0. The second kappa shape index (κ2) is 14.1. The van der Waals surface area contributed by atoms with Gasteiger partial charge < -0.3 is 19.9 Å². The van der Waals surface area contributed by atoms with Crippen LogP contribution in [0.3, 0.4) is 0 Å². The maximum absolute atomic E-state index is 5.53. The van der Waals surface area contributed by atoms with E-state index in [0.29, 0.717) is 18.5 Å². The summed E-state index contributed by atoms with van der Waals surface area (Å²) in [7, 11) is 1.98. The molecule has 9 heteroatoms. The molecule has 0 amide bonds. The molecule has 0 saturated carbocycles. The molecule has 1 unspecified atom stereocenters. The Hall–Kier alpha value is -0.940. The predicted molar refractivity (Wildman–Crippen MR) is 129 cm³/mol. The van der Waals surface area contributed by atoms with E-state index in [1.165, 1.54) is 0 Å². The van der Waals surface area contributed by atoms with Crippen LogP contribution in [-0.4, -0.2) is 71.1 Å². The summed E-state index contributed by atoms with van der Waals surface area (Å²) < 4.78 is 7.52. The largest absolute Gasteiger partial charge is 0.379 e. The minimum Gasteiger partial charge on any atom is -0.379 e. The molecular weight excluding hydrogens is 481 g/mol. The second-order valence-corrected chi connectivity index (χ2v) is 7.98. The number of aliphatic imine (C=N–C) groups is 1. The van der Waals surface area contributed by atoms with Crippen molar-refractivity contribution >= 4 is 29.9 Å². The van der Waals surface area contributed by atoms with E-state index in [9.17, 15) is 0 Å². The molecule has 1 aliphatic rings. The number of hydrogen-bond acceptors (Lipinski definition) is 5. The molecule has 0 spiro atoms. The number of nitrogens with zero attached hydrogens (tertiary/aromatic N) is 5. The van der Waals surface area contributed by atoms with Crippen LogP contribution in [0.1, 0.15) is 51.7 Å². The molecule has 1 atom stereocenters. The van der Waals surface area contributed by atoms with Crippen molar-refractivity contribution in [1.29, 1.82) is 0 Å². The summed E-state index contributed by atoms with van der Waals surface area (Å²) in [4.78, 5) is 7.31. The van der Waals surface area contributed by atoms with E-state index in [-0.39, 0.29) is 24.0 Å². The van der Waals surface area contributed by atoms with Gasteiger partial charge in [-0.25, -0.2) is 4.99 Å². The first kappa shape index (κ1) is 26.1. The fourth-order valence-electron chi connectivity index (χ4n) is 3.36. The van der Waals surface area contributed by atoms with Crippen molar-refractivity contribution in [2.45, 2.75) is 59.5 Å². The molecule has 1 aromatic rings. The highest BCUT2D eigenvalue weighted by Crippen LogP contribution is 2.13. The molecule has 0 radical (unpaired) electrons. The molecule has 8 nitrogen and oxygen atoms in total. The van der Waals surface area contributed by atoms with Crippen LogP contribution in [0, 0.1) is 12.8 Å². The van der Waals surface area contributed by atoms with Gasteiger partial charge in [-0.1, -0.05) is 27.2 Å². The van der Waals surface area contributed by atoms with Crippen LogP contribution in [0.5, 0.6) is 0 Å². The number of morpholine rings is 1. The molecule has 2 N–H and O–H groups in total. The van der Waals surface area contributed by atoms with Crippen LogP contribution in [0.15, 0.2) is 4.99 Å². The molecule has 2 rings (SSSR count). The highest BCUT2D eigenvalue weighted by Gasteiger charge is 2.22. The van der Waals surface area contributed by atoms with Crippen LogP contribution >= 0.6 is 24.0 Å². The van der Waals surface area contributed by atoms with Crippen LogP contribution in [0.25, 0.3) is 0 Å². The van der Waals surface area contributed by atoms with E-state index in [4.69, 9.17) is 9.73 Å². The molecule has 168 valence electrons. The molecule has 1 saturated heterocycles. The van der Waals surface area contributed by atoms with Gasteiger partial charge >= 0.3 is 0 Å². The van der Waals surface area contributed by atoms with Crippen molar-refractivity contribution in [1.82, 2.24) is 30.3 Å². The summed E-state index contributed by atoms with van der Waals surface area (Å²) in [5, 5.41) is 15.4. The van der Waals surface area contributed by atoms with E-state index in [1.54, 1.807) is 0 Å². The summed E-state index contributed by atoms with van der Waals surface area (Å²) in [5.41, 5.74) is 0. The van der Waals surface area contributed by atoms with Crippen molar-refractivity contribution in [3.8, 4) is 0 Å². The Labute approximate surface area is 193 Å². The number of unbranched alkanes of at least 4 members (excludes halogenated alkanes) is 1. The standard InChI is InChI=1S/C20H39N7O.HI/c1-6-7-8-21-20(23-15-19-25-24-17(4)26(19)5)22-14-18(13-16(2)3)27-9-11-28-12-10-27;/h16,18H,6-15H2,1-5H3,(H2,21,22,23);1H. The van der Waals surface area contributed by atoms with E-state index < -0.39 is 0 Å². The van der Waals surface area contributed by atoms with Gasteiger partial charge in [-0.05, 0) is 25.7 Å². The van der Waals surface area contributed by atoms with E-state index in [0.717, 1.165) is 76.3 Å².